The maximum Gasteiger partial charge on any atom is 0.318 e. The maximum absolute atomic E-state index is 13.1. The molecule has 34 heavy (non-hydrogen) atoms. The number of carbonyl (C=O) groups excluding carboxylic acids is 2. The Hall–Kier alpha value is -3.65. The lowest BCUT2D eigenvalue weighted by molar-refractivity contribution is -0.143. The lowest BCUT2D eigenvalue weighted by Crippen LogP contribution is -2.30. The normalized spacial score (nSPS) is 14.6. The summed E-state index contributed by atoms with van der Waals surface area (Å²) in [4.78, 5) is 26.0. The third-order valence-corrected chi connectivity index (χ3v) is 8.00. The van der Waals surface area contributed by atoms with Gasteiger partial charge in [0.05, 0.1) is 11.4 Å². The molecule has 0 saturated carbocycles. The van der Waals surface area contributed by atoms with Gasteiger partial charge in [-0.15, -0.1) is 0 Å². The van der Waals surface area contributed by atoms with Gasteiger partial charge in [0.15, 0.2) is 12.4 Å². The Bertz CT molecular complexity index is 1350. The summed E-state index contributed by atoms with van der Waals surface area (Å²) >= 11 is 0. The molecule has 0 unspecified atom stereocenters. The summed E-state index contributed by atoms with van der Waals surface area (Å²) < 4.78 is 37.3. The van der Waals surface area contributed by atoms with E-state index in [2.05, 4.69) is 0 Å². The number of hydrogen-bond acceptors (Lipinski definition) is 6. The highest BCUT2D eigenvalue weighted by Gasteiger charge is 2.34. The molecular weight excluding hydrogens is 454 g/mol. The summed E-state index contributed by atoms with van der Waals surface area (Å²) in [5, 5.41) is 0. The van der Waals surface area contributed by atoms with E-state index in [0.29, 0.717) is 46.8 Å². The molecule has 0 bridgehead atoms. The van der Waals surface area contributed by atoms with Crippen LogP contribution < -0.4 is 9.04 Å². The number of ether oxygens (including phenoxy) is 2. The molecule has 2 aliphatic heterocycles. The Labute approximate surface area is 198 Å². The third-order valence-electron chi connectivity index (χ3n) is 6.22. The van der Waals surface area contributed by atoms with Crippen molar-refractivity contribution in [2.45, 2.75) is 19.3 Å². The lowest BCUT2D eigenvalue weighted by Gasteiger charge is -2.26. The van der Waals surface area contributed by atoms with Crippen LogP contribution in [0, 0.1) is 0 Å². The number of sulfonamides is 1. The van der Waals surface area contributed by atoms with Crippen LogP contribution in [-0.2, 0) is 26.0 Å². The molecule has 2 heterocycles. The fraction of sp³-hybridized carbons (Fsp3) is 0.231. The summed E-state index contributed by atoms with van der Waals surface area (Å²) in [6.45, 7) is 1.56. The molecule has 3 aromatic carbocycles. The molecule has 0 atom stereocenters. The fourth-order valence-electron chi connectivity index (χ4n) is 4.46. The summed E-state index contributed by atoms with van der Waals surface area (Å²) in [6, 6.07) is 19.5. The highest BCUT2D eigenvalue weighted by molar-refractivity contribution is 7.92. The van der Waals surface area contributed by atoms with Crippen molar-refractivity contribution in [1.82, 2.24) is 0 Å². The average molecular weight is 478 g/mol. The first-order valence-corrected chi connectivity index (χ1v) is 12.7. The van der Waals surface area contributed by atoms with Crippen LogP contribution in [0.25, 0.3) is 0 Å². The largest absolute Gasteiger partial charge is 0.457 e. The number of nitrogens with zero attached hydrogens (tertiary/aromatic N) is 1. The number of benzene rings is 3. The molecule has 0 saturated heterocycles. The molecule has 0 aromatic heterocycles. The fourth-order valence-corrected chi connectivity index (χ4v) is 5.62. The molecular formula is C26H23NO6S. The first-order valence-electron chi connectivity index (χ1n) is 11.1. The standard InChI is InChI=1S/C26H23NO6S/c1-2-34(30,31)27-14-13-17-15-18(11-12-21(17)27)22(28)16-32-26(29)25-19-7-3-5-9-23(19)33-24-10-6-4-8-20(24)25/h3-12,15,25H,2,13-14,16H2,1H3. The Kier molecular flexibility index (Phi) is 5.61. The van der Waals surface area contributed by atoms with E-state index >= 15 is 0 Å². The van der Waals surface area contributed by atoms with Gasteiger partial charge in [-0.05, 0) is 49.2 Å². The number of fused-ring (bicyclic) bond motifs is 3. The molecule has 0 N–H and O–H groups in total. The number of anilines is 1. The van der Waals surface area contributed by atoms with Crippen LogP contribution in [0.1, 0.15) is 39.9 Å². The van der Waals surface area contributed by atoms with Gasteiger partial charge in [-0.25, -0.2) is 8.42 Å². The zero-order valence-electron chi connectivity index (χ0n) is 18.6. The predicted molar refractivity (Wildman–Crippen MR) is 127 cm³/mol. The van der Waals surface area contributed by atoms with E-state index in [4.69, 9.17) is 9.47 Å². The molecule has 8 heteroatoms. The number of rotatable bonds is 6. The summed E-state index contributed by atoms with van der Waals surface area (Å²) in [5.41, 5.74) is 3.16. The number of Topliss-reactive ketones (excluding diaryl/α,β-unsaturated/α-hetero) is 1. The molecule has 0 aliphatic carbocycles. The summed E-state index contributed by atoms with van der Waals surface area (Å²) in [5.74, 6) is -0.387. The van der Waals surface area contributed by atoms with E-state index in [1.54, 1.807) is 37.3 Å². The second-order valence-electron chi connectivity index (χ2n) is 8.21. The van der Waals surface area contributed by atoms with Crippen LogP contribution in [0.3, 0.4) is 0 Å². The van der Waals surface area contributed by atoms with Crippen LogP contribution >= 0.6 is 0 Å². The number of ketones is 1. The van der Waals surface area contributed by atoms with Crippen LogP contribution in [0.5, 0.6) is 11.5 Å². The average Bonchev–Trinajstić information content (AvgIpc) is 3.30. The SMILES string of the molecule is CCS(=O)(=O)N1CCc2cc(C(=O)COC(=O)C3c4ccccc4Oc4ccccc43)ccc21. The minimum atomic E-state index is -3.36. The van der Waals surface area contributed by atoms with Gasteiger partial charge >= 0.3 is 5.97 Å². The third kappa shape index (κ3) is 3.84. The maximum atomic E-state index is 13.1. The second kappa shape index (κ2) is 8.61. The van der Waals surface area contributed by atoms with Crippen molar-refractivity contribution in [3.63, 3.8) is 0 Å². The highest BCUT2D eigenvalue weighted by Crippen LogP contribution is 2.44. The molecule has 3 aromatic rings. The number of esters is 1. The van der Waals surface area contributed by atoms with Gasteiger partial charge in [0.1, 0.15) is 17.4 Å². The minimum Gasteiger partial charge on any atom is -0.457 e. The highest BCUT2D eigenvalue weighted by atomic mass is 32.2. The lowest BCUT2D eigenvalue weighted by atomic mass is 9.88. The number of para-hydroxylation sites is 2. The molecule has 5 rings (SSSR count). The van der Waals surface area contributed by atoms with Crippen molar-refractivity contribution in [2.75, 3.05) is 23.2 Å². The Morgan fingerprint density at radius 2 is 1.65 bits per heavy atom. The topological polar surface area (TPSA) is 90.0 Å². The van der Waals surface area contributed by atoms with Crippen molar-refractivity contribution in [3.8, 4) is 11.5 Å². The van der Waals surface area contributed by atoms with Gasteiger partial charge in [0.25, 0.3) is 0 Å². The van der Waals surface area contributed by atoms with E-state index in [0.717, 1.165) is 5.56 Å². The molecule has 0 amide bonds. The van der Waals surface area contributed by atoms with Crippen molar-refractivity contribution < 1.29 is 27.5 Å². The monoisotopic (exact) mass is 477 g/mol. The molecule has 0 radical (unpaired) electrons. The van der Waals surface area contributed by atoms with E-state index < -0.39 is 28.5 Å². The van der Waals surface area contributed by atoms with Crippen LogP contribution in [-0.4, -0.2) is 39.1 Å². The van der Waals surface area contributed by atoms with Crippen molar-refractivity contribution in [1.29, 1.82) is 0 Å². The molecule has 2 aliphatic rings. The van der Waals surface area contributed by atoms with Crippen molar-refractivity contribution in [3.05, 3.63) is 89.0 Å². The van der Waals surface area contributed by atoms with Crippen molar-refractivity contribution in [2.24, 2.45) is 0 Å². The van der Waals surface area contributed by atoms with E-state index in [1.807, 2.05) is 36.4 Å². The van der Waals surface area contributed by atoms with Gasteiger partial charge in [0, 0.05) is 23.2 Å². The van der Waals surface area contributed by atoms with Gasteiger partial charge in [-0.3, -0.25) is 13.9 Å². The summed E-state index contributed by atoms with van der Waals surface area (Å²) in [6.07, 6.45) is 0.533. The summed E-state index contributed by atoms with van der Waals surface area (Å²) in [7, 11) is -3.36. The molecule has 0 spiro atoms. The molecule has 0 fully saturated rings. The zero-order valence-corrected chi connectivity index (χ0v) is 19.4. The van der Waals surface area contributed by atoms with Gasteiger partial charge in [-0.2, -0.15) is 0 Å². The van der Waals surface area contributed by atoms with Gasteiger partial charge < -0.3 is 9.47 Å². The Morgan fingerprint density at radius 3 is 2.29 bits per heavy atom. The van der Waals surface area contributed by atoms with E-state index in [-0.39, 0.29) is 11.5 Å². The van der Waals surface area contributed by atoms with Gasteiger partial charge in [-0.1, -0.05) is 36.4 Å². The van der Waals surface area contributed by atoms with Crippen LogP contribution in [0.15, 0.2) is 66.7 Å². The number of carbonyl (C=O) groups is 2. The van der Waals surface area contributed by atoms with Crippen molar-refractivity contribution >= 4 is 27.5 Å². The first kappa shape index (κ1) is 22.2. The second-order valence-corrected chi connectivity index (χ2v) is 10.4. The number of hydrogen-bond donors (Lipinski definition) is 0. The van der Waals surface area contributed by atoms with E-state index in [9.17, 15) is 18.0 Å². The Morgan fingerprint density at radius 1 is 1.00 bits per heavy atom. The first-order chi connectivity index (χ1) is 16.4. The predicted octanol–water partition coefficient (Wildman–Crippen LogP) is 4.06. The Balaban J connectivity index is 1.33. The molecule has 7 nitrogen and oxygen atoms in total. The zero-order chi connectivity index (χ0) is 23.9. The minimum absolute atomic E-state index is 0.0154. The quantitative estimate of drug-likeness (QED) is 0.393. The van der Waals surface area contributed by atoms with Crippen LogP contribution in [0.2, 0.25) is 0 Å². The van der Waals surface area contributed by atoms with E-state index in [1.165, 1.54) is 4.31 Å². The molecule has 174 valence electrons. The van der Waals surface area contributed by atoms with Crippen LogP contribution in [0.4, 0.5) is 5.69 Å². The smallest absolute Gasteiger partial charge is 0.318 e. The van der Waals surface area contributed by atoms with Gasteiger partial charge in [0.2, 0.25) is 10.0 Å².